The number of likely N-dealkylation sites (N-methyl/N-ethyl adjacent to an activating group) is 1. The highest BCUT2D eigenvalue weighted by atomic mass is 16.5. The summed E-state index contributed by atoms with van der Waals surface area (Å²) in [6.07, 6.45) is 0. The number of rotatable bonds is 0. The lowest BCUT2D eigenvalue weighted by atomic mass is 10.1. The maximum Gasteiger partial charge on any atom is 0.0634 e. The van der Waals surface area contributed by atoms with E-state index in [-0.39, 0.29) is 0 Å². The average Bonchev–Trinajstić information content (AvgIpc) is 2.16. The van der Waals surface area contributed by atoms with Crippen LogP contribution in [-0.4, -0.2) is 50.8 Å². The van der Waals surface area contributed by atoms with E-state index in [0.29, 0.717) is 12.0 Å². The lowest BCUT2D eigenvalue weighted by Gasteiger charge is -2.22. The molecule has 2 bridgehead atoms. The minimum absolute atomic E-state index is 0.600. The number of nitrogens with zero attached hydrogens (tertiary/aromatic N) is 1. The van der Waals surface area contributed by atoms with Crippen molar-refractivity contribution in [2.24, 2.45) is 5.92 Å². The molecule has 0 spiro atoms. The predicted octanol–water partition coefficient (Wildman–Crippen LogP) is -0.464. The fraction of sp³-hybridized carbons (Fsp3) is 1.00. The quantitative estimate of drug-likeness (QED) is 0.513. The van der Waals surface area contributed by atoms with Gasteiger partial charge in [0.15, 0.2) is 0 Å². The van der Waals surface area contributed by atoms with Crippen LogP contribution in [0.4, 0.5) is 0 Å². The Labute approximate surface area is 67.7 Å². The highest BCUT2D eigenvalue weighted by Crippen LogP contribution is 2.12. The fourth-order valence-electron chi connectivity index (χ4n) is 1.90. The Balaban J connectivity index is 2.08. The number of nitrogens with one attached hydrogen (secondary N) is 1. The molecule has 2 rings (SSSR count). The molecular formula is C8H16N2O. The van der Waals surface area contributed by atoms with Gasteiger partial charge < -0.3 is 10.1 Å². The number of hydrogen-bond donors (Lipinski definition) is 1. The summed E-state index contributed by atoms with van der Waals surface area (Å²) in [7, 11) is 2.19. The SMILES string of the molecule is CN1C[C@H]2CNC[C@H]1COC2. The van der Waals surface area contributed by atoms with Crippen LogP contribution >= 0.6 is 0 Å². The van der Waals surface area contributed by atoms with Crippen LogP contribution in [0.3, 0.4) is 0 Å². The van der Waals surface area contributed by atoms with Gasteiger partial charge in [-0.25, -0.2) is 0 Å². The summed E-state index contributed by atoms with van der Waals surface area (Å²) in [5.41, 5.74) is 0. The summed E-state index contributed by atoms with van der Waals surface area (Å²) in [5, 5.41) is 3.46. The number of ether oxygens (including phenoxy) is 1. The van der Waals surface area contributed by atoms with E-state index in [0.717, 1.165) is 26.3 Å². The van der Waals surface area contributed by atoms with Crippen molar-refractivity contribution in [2.75, 3.05) is 39.9 Å². The molecule has 2 aliphatic rings. The third-order valence-corrected chi connectivity index (χ3v) is 2.65. The van der Waals surface area contributed by atoms with E-state index in [2.05, 4.69) is 17.3 Å². The molecular weight excluding hydrogens is 140 g/mol. The van der Waals surface area contributed by atoms with E-state index < -0.39 is 0 Å². The molecule has 0 aromatic heterocycles. The number of hydrogen-bond acceptors (Lipinski definition) is 3. The summed E-state index contributed by atoms with van der Waals surface area (Å²) in [6, 6.07) is 0.600. The van der Waals surface area contributed by atoms with Crippen LogP contribution in [0.5, 0.6) is 0 Å². The molecule has 3 nitrogen and oxygen atoms in total. The van der Waals surface area contributed by atoms with Gasteiger partial charge in [0.2, 0.25) is 0 Å². The lowest BCUT2D eigenvalue weighted by Crippen LogP contribution is -2.39. The van der Waals surface area contributed by atoms with Crippen LogP contribution < -0.4 is 5.32 Å². The second-order valence-electron chi connectivity index (χ2n) is 3.66. The second-order valence-corrected chi connectivity index (χ2v) is 3.66. The molecule has 2 fully saturated rings. The standard InChI is InChI=1S/C8H16N2O/c1-10-4-7-2-9-3-8(10)6-11-5-7/h7-9H,2-6H2,1H3/t7-,8+/m1/s1. The van der Waals surface area contributed by atoms with Crippen molar-refractivity contribution in [1.29, 1.82) is 0 Å². The van der Waals surface area contributed by atoms with Gasteiger partial charge in [-0.15, -0.1) is 0 Å². The molecule has 11 heavy (non-hydrogen) atoms. The maximum absolute atomic E-state index is 5.55. The molecule has 2 saturated heterocycles. The van der Waals surface area contributed by atoms with Gasteiger partial charge in [0.1, 0.15) is 0 Å². The zero-order valence-corrected chi connectivity index (χ0v) is 7.05. The summed E-state index contributed by atoms with van der Waals surface area (Å²) in [4.78, 5) is 2.41. The van der Waals surface area contributed by atoms with E-state index in [1.165, 1.54) is 6.54 Å². The first-order valence-electron chi connectivity index (χ1n) is 4.35. The van der Waals surface area contributed by atoms with Crippen molar-refractivity contribution in [2.45, 2.75) is 6.04 Å². The van der Waals surface area contributed by atoms with Crippen molar-refractivity contribution in [3.8, 4) is 0 Å². The highest BCUT2D eigenvalue weighted by Gasteiger charge is 2.26. The monoisotopic (exact) mass is 156 g/mol. The molecule has 0 radical (unpaired) electrons. The topological polar surface area (TPSA) is 24.5 Å². The lowest BCUT2D eigenvalue weighted by molar-refractivity contribution is 0.0880. The van der Waals surface area contributed by atoms with Crippen molar-refractivity contribution in [1.82, 2.24) is 10.2 Å². The van der Waals surface area contributed by atoms with Crippen molar-refractivity contribution in [3.63, 3.8) is 0 Å². The van der Waals surface area contributed by atoms with Crippen molar-refractivity contribution >= 4 is 0 Å². The molecule has 0 aliphatic carbocycles. The minimum atomic E-state index is 0.600. The molecule has 0 unspecified atom stereocenters. The summed E-state index contributed by atoms with van der Waals surface area (Å²) in [6.45, 7) is 5.25. The van der Waals surface area contributed by atoms with Crippen molar-refractivity contribution < 1.29 is 4.74 Å². The van der Waals surface area contributed by atoms with Crippen LogP contribution in [0, 0.1) is 5.92 Å². The molecule has 2 heterocycles. The molecule has 64 valence electrons. The van der Waals surface area contributed by atoms with Crippen LogP contribution in [0.2, 0.25) is 0 Å². The molecule has 0 amide bonds. The Hall–Kier alpha value is -0.120. The third kappa shape index (κ3) is 1.55. The van der Waals surface area contributed by atoms with Gasteiger partial charge in [0.25, 0.3) is 0 Å². The van der Waals surface area contributed by atoms with Crippen LogP contribution in [0.25, 0.3) is 0 Å². The number of fused-ring (bicyclic) bond motifs is 3. The van der Waals surface area contributed by atoms with E-state index in [4.69, 9.17) is 4.74 Å². The Morgan fingerprint density at radius 3 is 3.18 bits per heavy atom. The molecule has 3 heteroatoms. The Morgan fingerprint density at radius 1 is 1.36 bits per heavy atom. The second kappa shape index (κ2) is 3.09. The Kier molecular flexibility index (Phi) is 2.11. The van der Waals surface area contributed by atoms with E-state index in [1.807, 2.05) is 0 Å². The smallest absolute Gasteiger partial charge is 0.0634 e. The van der Waals surface area contributed by atoms with Crippen LogP contribution in [0.1, 0.15) is 0 Å². The van der Waals surface area contributed by atoms with Gasteiger partial charge in [-0.1, -0.05) is 0 Å². The Morgan fingerprint density at radius 2 is 2.27 bits per heavy atom. The first kappa shape index (κ1) is 7.53. The zero-order chi connectivity index (χ0) is 7.68. The fourth-order valence-corrected chi connectivity index (χ4v) is 1.90. The van der Waals surface area contributed by atoms with E-state index in [9.17, 15) is 0 Å². The van der Waals surface area contributed by atoms with Gasteiger partial charge in [-0.05, 0) is 7.05 Å². The summed E-state index contributed by atoms with van der Waals surface area (Å²) < 4.78 is 5.55. The van der Waals surface area contributed by atoms with Gasteiger partial charge >= 0.3 is 0 Å². The first-order chi connectivity index (χ1) is 5.36. The molecule has 2 atom stereocenters. The highest BCUT2D eigenvalue weighted by molar-refractivity contribution is 4.82. The normalized spacial score (nSPS) is 40.1. The molecule has 0 aromatic carbocycles. The molecule has 0 aromatic rings. The van der Waals surface area contributed by atoms with Gasteiger partial charge in [-0.2, -0.15) is 0 Å². The maximum atomic E-state index is 5.55. The molecule has 0 saturated carbocycles. The average molecular weight is 156 g/mol. The van der Waals surface area contributed by atoms with Gasteiger partial charge in [0, 0.05) is 31.6 Å². The zero-order valence-electron chi connectivity index (χ0n) is 7.05. The first-order valence-corrected chi connectivity index (χ1v) is 4.35. The van der Waals surface area contributed by atoms with Crippen molar-refractivity contribution in [3.05, 3.63) is 0 Å². The van der Waals surface area contributed by atoms with Gasteiger partial charge in [-0.3, -0.25) is 4.90 Å². The largest absolute Gasteiger partial charge is 0.379 e. The van der Waals surface area contributed by atoms with E-state index >= 15 is 0 Å². The Bertz CT molecular complexity index is 130. The molecule has 1 N–H and O–H groups in total. The van der Waals surface area contributed by atoms with Crippen LogP contribution in [0.15, 0.2) is 0 Å². The molecule has 2 aliphatic heterocycles. The minimum Gasteiger partial charge on any atom is -0.379 e. The van der Waals surface area contributed by atoms with Crippen LogP contribution in [-0.2, 0) is 4.74 Å². The van der Waals surface area contributed by atoms with E-state index in [1.54, 1.807) is 0 Å². The summed E-state index contributed by atoms with van der Waals surface area (Å²) >= 11 is 0. The predicted molar refractivity (Wildman–Crippen MR) is 43.6 cm³/mol. The third-order valence-electron chi connectivity index (χ3n) is 2.65. The van der Waals surface area contributed by atoms with Gasteiger partial charge in [0.05, 0.1) is 13.2 Å². The summed E-state index contributed by atoms with van der Waals surface area (Å²) in [5.74, 6) is 0.701.